The van der Waals surface area contributed by atoms with Gasteiger partial charge in [-0.3, -0.25) is 0 Å². The highest BCUT2D eigenvalue weighted by molar-refractivity contribution is 4.78. The first-order chi connectivity index (χ1) is 7.34. The van der Waals surface area contributed by atoms with Crippen molar-refractivity contribution < 1.29 is 4.74 Å². The molecule has 3 heteroatoms. The van der Waals surface area contributed by atoms with Crippen molar-refractivity contribution in [3.05, 3.63) is 0 Å². The van der Waals surface area contributed by atoms with Crippen LogP contribution in [0.5, 0.6) is 0 Å². The van der Waals surface area contributed by atoms with Gasteiger partial charge in [0.1, 0.15) is 0 Å². The average Bonchev–Trinajstić information content (AvgIpc) is 2.28. The first-order valence-electron chi connectivity index (χ1n) is 6.34. The van der Waals surface area contributed by atoms with E-state index in [1.165, 1.54) is 38.8 Å². The molecule has 15 heavy (non-hydrogen) atoms. The van der Waals surface area contributed by atoms with Gasteiger partial charge in [0.25, 0.3) is 0 Å². The van der Waals surface area contributed by atoms with Crippen LogP contribution >= 0.6 is 0 Å². The third kappa shape index (κ3) is 3.74. The van der Waals surface area contributed by atoms with Crippen molar-refractivity contribution in [1.29, 1.82) is 0 Å². The van der Waals surface area contributed by atoms with Crippen molar-refractivity contribution in [2.75, 3.05) is 39.9 Å². The number of nitrogens with one attached hydrogen (secondary N) is 1. The molecule has 3 nitrogen and oxygen atoms in total. The highest BCUT2D eigenvalue weighted by atomic mass is 16.5. The van der Waals surface area contributed by atoms with E-state index >= 15 is 0 Å². The van der Waals surface area contributed by atoms with E-state index < -0.39 is 0 Å². The summed E-state index contributed by atoms with van der Waals surface area (Å²) in [6, 6.07) is 0.728. The zero-order valence-corrected chi connectivity index (χ0v) is 9.87. The molecule has 1 N–H and O–H groups in total. The molecule has 0 bridgehead atoms. The molecule has 2 saturated heterocycles. The minimum Gasteiger partial charge on any atom is -0.381 e. The number of hydrogen-bond acceptors (Lipinski definition) is 3. The van der Waals surface area contributed by atoms with Crippen LogP contribution in [0.15, 0.2) is 0 Å². The van der Waals surface area contributed by atoms with Crippen molar-refractivity contribution in [3.63, 3.8) is 0 Å². The van der Waals surface area contributed by atoms with Crippen molar-refractivity contribution in [2.24, 2.45) is 5.92 Å². The number of hydrogen-bond donors (Lipinski definition) is 1. The van der Waals surface area contributed by atoms with E-state index in [1.807, 2.05) is 0 Å². The zero-order valence-electron chi connectivity index (χ0n) is 9.87. The zero-order chi connectivity index (χ0) is 10.5. The summed E-state index contributed by atoms with van der Waals surface area (Å²) in [6.07, 6.45) is 5.29. The Morgan fingerprint density at radius 3 is 2.80 bits per heavy atom. The monoisotopic (exact) mass is 212 g/mol. The van der Waals surface area contributed by atoms with E-state index in [1.54, 1.807) is 0 Å². The molecule has 0 spiro atoms. The second kappa shape index (κ2) is 5.83. The van der Waals surface area contributed by atoms with Crippen LogP contribution in [-0.4, -0.2) is 50.8 Å². The lowest BCUT2D eigenvalue weighted by Crippen LogP contribution is -2.49. The molecule has 1 atom stereocenters. The van der Waals surface area contributed by atoms with Gasteiger partial charge in [0.15, 0.2) is 0 Å². The Hall–Kier alpha value is -0.120. The van der Waals surface area contributed by atoms with Crippen LogP contribution in [0.4, 0.5) is 0 Å². The molecule has 2 fully saturated rings. The lowest BCUT2D eigenvalue weighted by Gasteiger charge is -2.32. The van der Waals surface area contributed by atoms with Crippen LogP contribution in [0.1, 0.15) is 25.7 Å². The lowest BCUT2D eigenvalue weighted by atomic mass is 9.92. The van der Waals surface area contributed by atoms with Gasteiger partial charge in [0.2, 0.25) is 0 Å². The third-order valence-electron chi connectivity index (χ3n) is 3.72. The second-order valence-electron chi connectivity index (χ2n) is 5.05. The molecule has 0 radical (unpaired) electrons. The highest BCUT2D eigenvalue weighted by Gasteiger charge is 2.19. The Bertz CT molecular complexity index is 180. The summed E-state index contributed by atoms with van der Waals surface area (Å²) < 4.78 is 5.38. The minimum absolute atomic E-state index is 0.728. The molecule has 88 valence electrons. The molecular formula is C12H24N2O. The Kier molecular flexibility index (Phi) is 4.42. The van der Waals surface area contributed by atoms with Gasteiger partial charge in [-0.15, -0.1) is 0 Å². The summed E-state index contributed by atoms with van der Waals surface area (Å²) >= 11 is 0. The third-order valence-corrected chi connectivity index (χ3v) is 3.72. The molecule has 2 aliphatic rings. The van der Waals surface area contributed by atoms with Gasteiger partial charge in [-0.1, -0.05) is 0 Å². The number of nitrogens with zero attached hydrogens (tertiary/aromatic N) is 1. The molecule has 0 aromatic rings. The van der Waals surface area contributed by atoms with Crippen molar-refractivity contribution in [2.45, 2.75) is 31.7 Å². The van der Waals surface area contributed by atoms with Crippen molar-refractivity contribution in [1.82, 2.24) is 10.2 Å². The van der Waals surface area contributed by atoms with Gasteiger partial charge in [0.05, 0.1) is 0 Å². The SMILES string of the molecule is CN1CCNC(CCC2CCOCC2)C1. The van der Waals surface area contributed by atoms with Gasteiger partial charge in [-0.25, -0.2) is 0 Å². The maximum atomic E-state index is 5.38. The summed E-state index contributed by atoms with van der Waals surface area (Å²) in [5.41, 5.74) is 0. The average molecular weight is 212 g/mol. The first kappa shape index (κ1) is 11.4. The fourth-order valence-electron chi connectivity index (χ4n) is 2.66. The normalized spacial score (nSPS) is 30.6. The predicted octanol–water partition coefficient (Wildman–Crippen LogP) is 1.10. The topological polar surface area (TPSA) is 24.5 Å². The minimum atomic E-state index is 0.728. The summed E-state index contributed by atoms with van der Waals surface area (Å²) in [7, 11) is 2.22. The predicted molar refractivity (Wildman–Crippen MR) is 62.1 cm³/mol. The van der Waals surface area contributed by atoms with Crippen LogP contribution < -0.4 is 5.32 Å². The maximum absolute atomic E-state index is 5.38. The van der Waals surface area contributed by atoms with Crippen LogP contribution in [0.3, 0.4) is 0 Å². The van der Waals surface area contributed by atoms with Gasteiger partial charge >= 0.3 is 0 Å². The highest BCUT2D eigenvalue weighted by Crippen LogP contribution is 2.21. The van der Waals surface area contributed by atoms with Gasteiger partial charge in [-0.05, 0) is 38.6 Å². The molecule has 2 rings (SSSR count). The van der Waals surface area contributed by atoms with Gasteiger partial charge in [-0.2, -0.15) is 0 Å². The van der Waals surface area contributed by atoms with Crippen molar-refractivity contribution in [3.8, 4) is 0 Å². The molecular weight excluding hydrogens is 188 g/mol. The largest absolute Gasteiger partial charge is 0.381 e. The fraction of sp³-hybridized carbons (Fsp3) is 1.00. The van der Waals surface area contributed by atoms with E-state index in [0.29, 0.717) is 0 Å². The Morgan fingerprint density at radius 2 is 2.07 bits per heavy atom. The van der Waals surface area contributed by atoms with E-state index in [-0.39, 0.29) is 0 Å². The van der Waals surface area contributed by atoms with Gasteiger partial charge < -0.3 is 15.0 Å². The van der Waals surface area contributed by atoms with E-state index in [0.717, 1.165) is 31.7 Å². The molecule has 0 aromatic carbocycles. The Morgan fingerprint density at radius 1 is 1.27 bits per heavy atom. The number of ether oxygens (including phenoxy) is 1. The molecule has 0 amide bonds. The summed E-state index contributed by atoms with van der Waals surface area (Å²) in [4.78, 5) is 2.44. The standard InChI is InChI=1S/C12H24N2O/c1-14-7-6-13-12(10-14)3-2-11-4-8-15-9-5-11/h11-13H,2-10H2,1H3. The molecule has 2 aliphatic heterocycles. The Labute approximate surface area is 93.2 Å². The smallest absolute Gasteiger partial charge is 0.0468 e. The molecule has 0 saturated carbocycles. The van der Waals surface area contributed by atoms with E-state index in [4.69, 9.17) is 4.74 Å². The molecule has 0 aromatic heterocycles. The summed E-state index contributed by atoms with van der Waals surface area (Å²) in [6.45, 7) is 5.57. The van der Waals surface area contributed by atoms with E-state index in [2.05, 4.69) is 17.3 Å². The second-order valence-corrected chi connectivity index (χ2v) is 5.05. The van der Waals surface area contributed by atoms with Gasteiger partial charge in [0, 0.05) is 38.9 Å². The van der Waals surface area contributed by atoms with Crippen LogP contribution in [0.2, 0.25) is 0 Å². The molecule has 1 unspecified atom stereocenters. The fourth-order valence-corrected chi connectivity index (χ4v) is 2.66. The van der Waals surface area contributed by atoms with Crippen molar-refractivity contribution >= 4 is 0 Å². The summed E-state index contributed by atoms with van der Waals surface area (Å²) in [5, 5.41) is 3.62. The summed E-state index contributed by atoms with van der Waals surface area (Å²) in [5.74, 6) is 0.924. The quantitative estimate of drug-likeness (QED) is 0.758. The lowest BCUT2D eigenvalue weighted by molar-refractivity contribution is 0.0615. The van der Waals surface area contributed by atoms with Crippen LogP contribution in [0, 0.1) is 5.92 Å². The Balaban J connectivity index is 1.63. The molecule has 2 heterocycles. The van der Waals surface area contributed by atoms with Crippen LogP contribution in [-0.2, 0) is 4.74 Å². The van der Waals surface area contributed by atoms with E-state index in [9.17, 15) is 0 Å². The number of piperazine rings is 1. The number of likely N-dealkylation sites (N-methyl/N-ethyl adjacent to an activating group) is 1. The van der Waals surface area contributed by atoms with Crippen LogP contribution in [0.25, 0.3) is 0 Å². The first-order valence-corrected chi connectivity index (χ1v) is 6.34. The maximum Gasteiger partial charge on any atom is 0.0468 e. The number of rotatable bonds is 3. The molecule has 0 aliphatic carbocycles.